The van der Waals surface area contributed by atoms with E-state index in [4.69, 9.17) is 6.42 Å². The number of terminal acetylenes is 1. The zero-order chi connectivity index (χ0) is 44.3. The van der Waals surface area contributed by atoms with Gasteiger partial charge in [-0.15, -0.1) is 6.42 Å². The lowest BCUT2D eigenvalue weighted by atomic mass is 9.70. The molecule has 0 radical (unpaired) electrons. The van der Waals surface area contributed by atoms with Crippen LogP contribution >= 0.6 is 0 Å². The molecule has 0 saturated carbocycles. The normalized spacial score (nSPS) is 12.4. The molecule has 0 spiro atoms. The average Bonchev–Trinajstić information content (AvgIpc) is 3.60. The van der Waals surface area contributed by atoms with E-state index in [1.807, 2.05) is 0 Å². The van der Waals surface area contributed by atoms with Crippen LogP contribution in [0, 0.1) is 26.2 Å². The van der Waals surface area contributed by atoms with Crippen molar-refractivity contribution in [3.05, 3.63) is 186 Å². The zero-order valence-corrected chi connectivity index (χ0v) is 38.9. The SMILES string of the molecule is C#Cc1ccc2c(c1)C(CCCCCCCC)(CCCCCCCC)c1cc(-c3ccc(N(c4ccc(-c5ccc(C)cc5)cc4)c4ccc(-c5ccc(C)cc5)cc4)cc3)ccc1-2. The predicted octanol–water partition coefficient (Wildman–Crippen LogP) is 18.5. The number of rotatable bonds is 20. The molecule has 7 aromatic carbocycles. The Labute approximate surface area is 385 Å². The fraction of sp³-hybridized carbons (Fsp3) is 0.302. The number of anilines is 3. The van der Waals surface area contributed by atoms with Gasteiger partial charge in [-0.25, -0.2) is 0 Å². The quantitative estimate of drug-likeness (QED) is 0.0546. The molecule has 1 heteroatoms. The van der Waals surface area contributed by atoms with E-state index >= 15 is 0 Å². The number of aryl methyl sites for hydroxylation is 2. The largest absolute Gasteiger partial charge is 0.311 e. The lowest BCUT2D eigenvalue weighted by Crippen LogP contribution is -2.25. The molecule has 7 aromatic rings. The highest BCUT2D eigenvalue weighted by Gasteiger charge is 2.42. The maximum Gasteiger partial charge on any atom is 0.0462 e. The lowest BCUT2D eigenvalue weighted by Gasteiger charge is -2.33. The Morgan fingerprint density at radius 3 is 1.16 bits per heavy atom. The van der Waals surface area contributed by atoms with E-state index in [0.717, 1.165) is 22.6 Å². The van der Waals surface area contributed by atoms with Crippen molar-refractivity contribution in [2.45, 2.75) is 123 Å². The third kappa shape index (κ3) is 9.98. The summed E-state index contributed by atoms with van der Waals surface area (Å²) in [5.41, 5.74) is 20.0. The Balaban J connectivity index is 1.14. The van der Waals surface area contributed by atoms with Gasteiger partial charge >= 0.3 is 0 Å². The maximum absolute atomic E-state index is 6.10. The summed E-state index contributed by atoms with van der Waals surface area (Å²) in [6.45, 7) is 8.90. The van der Waals surface area contributed by atoms with Crippen LogP contribution in [0.4, 0.5) is 17.1 Å². The van der Waals surface area contributed by atoms with Crippen LogP contribution in [0.3, 0.4) is 0 Å². The van der Waals surface area contributed by atoms with Crippen molar-refractivity contribution >= 4 is 17.1 Å². The second-order valence-corrected chi connectivity index (χ2v) is 18.5. The first-order valence-electron chi connectivity index (χ1n) is 24.4. The van der Waals surface area contributed by atoms with Crippen molar-refractivity contribution in [1.29, 1.82) is 0 Å². The molecule has 0 heterocycles. The monoisotopic (exact) mass is 838 g/mol. The molecule has 0 aliphatic heterocycles. The van der Waals surface area contributed by atoms with Gasteiger partial charge in [0.25, 0.3) is 0 Å². The summed E-state index contributed by atoms with van der Waals surface area (Å²) in [6.07, 6.45) is 24.1. The van der Waals surface area contributed by atoms with Gasteiger partial charge in [0.2, 0.25) is 0 Å². The van der Waals surface area contributed by atoms with E-state index in [0.29, 0.717) is 0 Å². The third-order valence-corrected chi connectivity index (χ3v) is 13.9. The highest BCUT2D eigenvalue weighted by atomic mass is 15.1. The van der Waals surface area contributed by atoms with Crippen LogP contribution in [0.25, 0.3) is 44.5 Å². The minimum atomic E-state index is -0.0325. The Kier molecular flexibility index (Phi) is 14.6. The molecule has 8 rings (SSSR count). The lowest BCUT2D eigenvalue weighted by molar-refractivity contribution is 0.398. The van der Waals surface area contributed by atoms with Crippen molar-refractivity contribution in [2.24, 2.45) is 0 Å². The number of hydrogen-bond acceptors (Lipinski definition) is 1. The first-order valence-corrected chi connectivity index (χ1v) is 24.4. The second kappa shape index (κ2) is 21.1. The van der Waals surface area contributed by atoms with E-state index in [9.17, 15) is 0 Å². The molecule has 0 saturated heterocycles. The van der Waals surface area contributed by atoms with E-state index in [1.54, 1.807) is 0 Å². The Hall–Kier alpha value is -6.10. The highest BCUT2D eigenvalue weighted by Crippen LogP contribution is 2.55. The van der Waals surface area contributed by atoms with E-state index in [-0.39, 0.29) is 5.41 Å². The summed E-state index contributed by atoms with van der Waals surface area (Å²) in [7, 11) is 0. The average molecular weight is 838 g/mol. The third-order valence-electron chi connectivity index (χ3n) is 13.9. The summed E-state index contributed by atoms with van der Waals surface area (Å²) in [5, 5.41) is 0. The van der Waals surface area contributed by atoms with Crippen molar-refractivity contribution < 1.29 is 0 Å². The number of nitrogens with zero attached hydrogens (tertiary/aromatic N) is 1. The van der Waals surface area contributed by atoms with Crippen LogP contribution in [-0.4, -0.2) is 0 Å². The standard InChI is InChI=1S/C63H67N/c1-6-9-11-13-15-17-43-63(44-18-16-14-12-10-7-2)61-45-49(8-3)23-41-59(61)60-42-34-55(46-62(60)63)54-32-39-58(40-33-54)64(56-35-28-52(29-36-56)50-24-19-47(4)20-25-50)57-37-30-53(31-38-57)51-26-21-48(5)22-27-51/h3,19-42,45-46H,6-7,9-18,43-44H2,1-2,4-5H3. The van der Waals surface area contributed by atoms with Gasteiger partial charge in [-0.3, -0.25) is 0 Å². The molecule has 1 aliphatic rings. The van der Waals surface area contributed by atoms with E-state index < -0.39 is 0 Å². The number of unbranched alkanes of at least 4 members (excludes halogenated alkanes) is 10. The Bertz CT molecular complexity index is 2520. The van der Waals surface area contributed by atoms with Gasteiger partial charge in [0.1, 0.15) is 0 Å². The molecule has 0 atom stereocenters. The predicted molar refractivity (Wildman–Crippen MR) is 277 cm³/mol. The first kappa shape index (κ1) is 44.5. The molecule has 0 N–H and O–H groups in total. The number of fused-ring (bicyclic) bond motifs is 3. The van der Waals surface area contributed by atoms with Gasteiger partial charge in [0.05, 0.1) is 0 Å². The van der Waals surface area contributed by atoms with Crippen LogP contribution < -0.4 is 4.90 Å². The topological polar surface area (TPSA) is 3.24 Å². The highest BCUT2D eigenvalue weighted by molar-refractivity contribution is 5.86. The van der Waals surface area contributed by atoms with Gasteiger partial charge < -0.3 is 4.90 Å². The summed E-state index contributed by atoms with van der Waals surface area (Å²) in [5.74, 6) is 3.00. The summed E-state index contributed by atoms with van der Waals surface area (Å²) >= 11 is 0. The Morgan fingerprint density at radius 2 is 0.734 bits per heavy atom. The van der Waals surface area contributed by atoms with Gasteiger partial charge in [-0.2, -0.15) is 0 Å². The van der Waals surface area contributed by atoms with E-state index in [1.165, 1.54) is 157 Å². The van der Waals surface area contributed by atoms with Gasteiger partial charge in [0, 0.05) is 28.0 Å². The molecular weight excluding hydrogens is 771 g/mol. The van der Waals surface area contributed by atoms with Crippen molar-refractivity contribution in [2.75, 3.05) is 4.90 Å². The molecule has 324 valence electrons. The number of benzene rings is 7. The van der Waals surface area contributed by atoms with Crippen LogP contribution in [0.2, 0.25) is 0 Å². The van der Waals surface area contributed by atoms with Crippen LogP contribution in [0.15, 0.2) is 158 Å². The molecule has 0 unspecified atom stereocenters. The van der Waals surface area contributed by atoms with E-state index in [2.05, 4.69) is 196 Å². The minimum absolute atomic E-state index is 0.0325. The zero-order valence-electron chi connectivity index (χ0n) is 38.9. The smallest absolute Gasteiger partial charge is 0.0462 e. The van der Waals surface area contributed by atoms with Crippen LogP contribution in [0.5, 0.6) is 0 Å². The van der Waals surface area contributed by atoms with Crippen molar-refractivity contribution in [3.63, 3.8) is 0 Å². The van der Waals surface area contributed by atoms with Crippen molar-refractivity contribution in [1.82, 2.24) is 0 Å². The molecular formula is C63H67N. The molecule has 1 nitrogen and oxygen atoms in total. The molecule has 64 heavy (non-hydrogen) atoms. The fourth-order valence-electron chi connectivity index (χ4n) is 10.2. The molecule has 0 amide bonds. The van der Waals surface area contributed by atoms with Gasteiger partial charge in [-0.1, -0.05) is 211 Å². The van der Waals surface area contributed by atoms with Crippen molar-refractivity contribution in [3.8, 4) is 56.9 Å². The molecule has 0 bridgehead atoms. The van der Waals surface area contributed by atoms with Crippen LogP contribution in [-0.2, 0) is 5.41 Å². The minimum Gasteiger partial charge on any atom is -0.311 e. The molecule has 1 aliphatic carbocycles. The fourth-order valence-corrected chi connectivity index (χ4v) is 10.2. The molecule has 0 aromatic heterocycles. The summed E-state index contributed by atoms with van der Waals surface area (Å²) in [6, 6.07) is 59.0. The summed E-state index contributed by atoms with van der Waals surface area (Å²) < 4.78 is 0. The van der Waals surface area contributed by atoms with Gasteiger partial charge in [-0.05, 0) is 137 Å². The van der Waals surface area contributed by atoms with Crippen LogP contribution in [0.1, 0.15) is 132 Å². The second-order valence-electron chi connectivity index (χ2n) is 18.5. The molecule has 0 fully saturated rings. The Morgan fingerprint density at radius 1 is 0.391 bits per heavy atom. The summed E-state index contributed by atoms with van der Waals surface area (Å²) in [4.78, 5) is 2.38. The number of hydrogen-bond donors (Lipinski definition) is 0. The van der Waals surface area contributed by atoms with Gasteiger partial charge in [0.15, 0.2) is 0 Å². The maximum atomic E-state index is 6.10. The first-order chi connectivity index (χ1) is 31.4.